The van der Waals surface area contributed by atoms with Gasteiger partial charge in [0.25, 0.3) is 0 Å². The molecule has 0 bridgehead atoms. The Balaban J connectivity index is 2.60. The van der Waals surface area contributed by atoms with E-state index in [0.29, 0.717) is 12.0 Å². The van der Waals surface area contributed by atoms with Crippen molar-refractivity contribution in [1.82, 2.24) is 9.78 Å². The molecule has 1 heterocycles. The molecule has 5 heteroatoms. The summed E-state index contributed by atoms with van der Waals surface area (Å²) >= 11 is 0. The van der Waals surface area contributed by atoms with E-state index in [-0.39, 0.29) is 11.7 Å². The van der Waals surface area contributed by atoms with Crippen LogP contribution in [0.15, 0.2) is 0 Å². The number of aromatic nitrogens is 2. The Kier molecular flexibility index (Phi) is 2.71. The predicted molar refractivity (Wildman–Crippen MR) is 57.5 cm³/mol. The Labute approximate surface area is 93.7 Å². The zero-order chi connectivity index (χ0) is 11.9. The number of carboxylic acids is 1. The molecule has 0 radical (unpaired) electrons. The monoisotopic (exact) mass is 224 g/mol. The number of carbonyl (C=O) groups is 1. The molecule has 0 saturated carbocycles. The predicted octanol–water partition coefficient (Wildman–Crippen LogP) is 1.53. The first-order valence-electron chi connectivity index (χ1n) is 5.55. The van der Waals surface area contributed by atoms with E-state index in [2.05, 4.69) is 5.10 Å². The number of carboxylic acid groups (broad SMARTS) is 1. The van der Waals surface area contributed by atoms with Crippen molar-refractivity contribution in [3.8, 4) is 0 Å². The number of hydrogen-bond donors (Lipinski definition) is 2. The van der Waals surface area contributed by atoms with Crippen LogP contribution in [-0.2, 0) is 6.42 Å². The van der Waals surface area contributed by atoms with Crippen LogP contribution in [-0.4, -0.2) is 26.0 Å². The van der Waals surface area contributed by atoms with Gasteiger partial charge in [-0.1, -0.05) is 0 Å². The molecule has 16 heavy (non-hydrogen) atoms. The number of aliphatic hydroxyl groups is 1. The highest BCUT2D eigenvalue weighted by atomic mass is 16.4. The van der Waals surface area contributed by atoms with Crippen LogP contribution >= 0.6 is 0 Å². The number of aliphatic hydroxyl groups excluding tert-OH is 1. The highest BCUT2D eigenvalue weighted by Gasteiger charge is 2.30. The second-order valence-corrected chi connectivity index (χ2v) is 4.46. The van der Waals surface area contributed by atoms with Gasteiger partial charge in [-0.2, -0.15) is 5.10 Å². The molecule has 1 atom stereocenters. The fraction of sp³-hybridized carbons (Fsp3) is 0.636. The zero-order valence-electron chi connectivity index (χ0n) is 9.47. The normalized spacial score (nSPS) is 19.9. The van der Waals surface area contributed by atoms with Gasteiger partial charge in [-0.05, 0) is 33.1 Å². The number of hydrogen-bond acceptors (Lipinski definition) is 3. The van der Waals surface area contributed by atoms with E-state index in [1.807, 2.05) is 13.8 Å². The van der Waals surface area contributed by atoms with Crippen LogP contribution < -0.4 is 0 Å². The topological polar surface area (TPSA) is 75.4 Å². The summed E-state index contributed by atoms with van der Waals surface area (Å²) in [5.74, 6) is -1.06. The van der Waals surface area contributed by atoms with Crippen LogP contribution in [0.2, 0.25) is 0 Å². The van der Waals surface area contributed by atoms with Crippen LogP contribution in [0.25, 0.3) is 0 Å². The lowest BCUT2D eigenvalue weighted by Gasteiger charge is -2.20. The molecule has 0 spiro atoms. The molecule has 1 aliphatic rings. The SMILES string of the molecule is CC(C)n1nc(C(=O)O)c2c1CCCC2O. The van der Waals surface area contributed by atoms with Crippen LogP contribution in [0.4, 0.5) is 0 Å². The molecule has 0 saturated heterocycles. The Bertz CT molecular complexity index is 423. The Morgan fingerprint density at radius 2 is 2.25 bits per heavy atom. The Hall–Kier alpha value is -1.36. The number of aromatic carboxylic acids is 1. The van der Waals surface area contributed by atoms with E-state index in [9.17, 15) is 9.90 Å². The first-order valence-corrected chi connectivity index (χ1v) is 5.55. The maximum absolute atomic E-state index is 11.1. The molecule has 0 aromatic carbocycles. The number of nitrogens with zero attached hydrogens (tertiary/aromatic N) is 2. The van der Waals surface area contributed by atoms with Crippen molar-refractivity contribution in [3.63, 3.8) is 0 Å². The Morgan fingerprint density at radius 1 is 1.56 bits per heavy atom. The van der Waals surface area contributed by atoms with Crippen LogP contribution in [0.1, 0.15) is 60.6 Å². The van der Waals surface area contributed by atoms with Crippen molar-refractivity contribution in [2.75, 3.05) is 0 Å². The smallest absolute Gasteiger partial charge is 0.356 e. The molecular formula is C11H16N2O3. The summed E-state index contributed by atoms with van der Waals surface area (Å²) in [4.78, 5) is 11.1. The van der Waals surface area contributed by atoms with E-state index < -0.39 is 12.1 Å². The minimum Gasteiger partial charge on any atom is -0.476 e. The third-order valence-corrected chi connectivity index (χ3v) is 2.97. The maximum atomic E-state index is 11.1. The maximum Gasteiger partial charge on any atom is 0.356 e. The lowest BCUT2D eigenvalue weighted by Crippen LogP contribution is -2.14. The van der Waals surface area contributed by atoms with Gasteiger partial charge in [0.05, 0.1) is 6.10 Å². The quantitative estimate of drug-likeness (QED) is 0.798. The van der Waals surface area contributed by atoms with Gasteiger partial charge in [0.15, 0.2) is 5.69 Å². The van der Waals surface area contributed by atoms with E-state index >= 15 is 0 Å². The lowest BCUT2D eigenvalue weighted by molar-refractivity contribution is 0.0680. The minimum atomic E-state index is -1.06. The molecule has 0 aliphatic heterocycles. The molecule has 5 nitrogen and oxygen atoms in total. The summed E-state index contributed by atoms with van der Waals surface area (Å²) in [6, 6.07) is 0.118. The lowest BCUT2D eigenvalue weighted by atomic mass is 9.93. The average molecular weight is 224 g/mol. The van der Waals surface area contributed by atoms with Gasteiger partial charge in [0.1, 0.15) is 0 Å². The molecule has 0 fully saturated rings. The van der Waals surface area contributed by atoms with Gasteiger partial charge < -0.3 is 10.2 Å². The molecule has 2 N–H and O–H groups in total. The van der Waals surface area contributed by atoms with E-state index in [1.165, 1.54) is 0 Å². The molecule has 0 amide bonds. The summed E-state index contributed by atoms with van der Waals surface area (Å²) in [5, 5.41) is 23.0. The van der Waals surface area contributed by atoms with Gasteiger partial charge in [-0.25, -0.2) is 4.79 Å². The average Bonchev–Trinajstić information content (AvgIpc) is 2.58. The van der Waals surface area contributed by atoms with Gasteiger partial charge in [-0.15, -0.1) is 0 Å². The Morgan fingerprint density at radius 3 is 2.81 bits per heavy atom. The highest BCUT2D eigenvalue weighted by Crippen LogP contribution is 2.33. The molecule has 1 aromatic rings. The van der Waals surface area contributed by atoms with Crippen molar-refractivity contribution in [2.45, 2.75) is 45.3 Å². The van der Waals surface area contributed by atoms with Gasteiger partial charge >= 0.3 is 5.97 Å². The van der Waals surface area contributed by atoms with E-state index in [4.69, 9.17) is 5.11 Å². The van der Waals surface area contributed by atoms with Crippen molar-refractivity contribution in [3.05, 3.63) is 17.0 Å². The van der Waals surface area contributed by atoms with Gasteiger partial charge in [-0.3, -0.25) is 4.68 Å². The van der Waals surface area contributed by atoms with E-state index in [0.717, 1.165) is 18.5 Å². The van der Waals surface area contributed by atoms with Crippen molar-refractivity contribution >= 4 is 5.97 Å². The summed E-state index contributed by atoms with van der Waals surface area (Å²) in [5.41, 5.74) is 1.41. The summed E-state index contributed by atoms with van der Waals surface area (Å²) < 4.78 is 1.72. The van der Waals surface area contributed by atoms with Crippen LogP contribution in [0, 0.1) is 0 Å². The highest BCUT2D eigenvalue weighted by molar-refractivity contribution is 5.87. The minimum absolute atomic E-state index is 0.0101. The number of fused-ring (bicyclic) bond motifs is 1. The second kappa shape index (κ2) is 3.90. The van der Waals surface area contributed by atoms with Crippen molar-refractivity contribution in [2.24, 2.45) is 0 Å². The first kappa shape index (κ1) is 11.1. The molecule has 88 valence electrons. The fourth-order valence-corrected chi connectivity index (χ4v) is 2.27. The van der Waals surface area contributed by atoms with Crippen molar-refractivity contribution in [1.29, 1.82) is 0 Å². The largest absolute Gasteiger partial charge is 0.476 e. The van der Waals surface area contributed by atoms with Crippen LogP contribution in [0.5, 0.6) is 0 Å². The zero-order valence-corrected chi connectivity index (χ0v) is 9.47. The van der Waals surface area contributed by atoms with Gasteiger partial charge in [0, 0.05) is 17.3 Å². The second-order valence-electron chi connectivity index (χ2n) is 4.46. The summed E-state index contributed by atoms with van der Waals surface area (Å²) in [6.45, 7) is 3.92. The first-order chi connectivity index (χ1) is 7.52. The molecule has 1 unspecified atom stereocenters. The third kappa shape index (κ3) is 1.61. The van der Waals surface area contributed by atoms with E-state index in [1.54, 1.807) is 4.68 Å². The fourth-order valence-electron chi connectivity index (χ4n) is 2.27. The molecule has 2 rings (SSSR count). The van der Waals surface area contributed by atoms with Crippen molar-refractivity contribution < 1.29 is 15.0 Å². The van der Waals surface area contributed by atoms with Gasteiger partial charge in [0.2, 0.25) is 0 Å². The third-order valence-electron chi connectivity index (χ3n) is 2.97. The molecular weight excluding hydrogens is 208 g/mol. The molecule has 1 aliphatic carbocycles. The standard InChI is InChI=1S/C11H16N2O3/c1-6(2)13-7-4-3-5-8(14)9(7)10(12-13)11(15)16/h6,8,14H,3-5H2,1-2H3,(H,15,16). The number of rotatable bonds is 2. The van der Waals surface area contributed by atoms with Crippen LogP contribution in [0.3, 0.4) is 0 Å². The molecule has 1 aromatic heterocycles. The summed E-state index contributed by atoms with van der Waals surface area (Å²) in [6.07, 6.45) is 1.62. The summed E-state index contributed by atoms with van der Waals surface area (Å²) in [7, 11) is 0.